The van der Waals surface area contributed by atoms with E-state index in [1.165, 1.54) is 0 Å². The van der Waals surface area contributed by atoms with E-state index in [0.717, 1.165) is 18.4 Å². The number of amides is 1. The average Bonchev–Trinajstić information content (AvgIpc) is 3.74. The number of para-hydroxylation sites is 2. The quantitative estimate of drug-likeness (QED) is 0.282. The van der Waals surface area contributed by atoms with Gasteiger partial charge >= 0.3 is 5.97 Å². The summed E-state index contributed by atoms with van der Waals surface area (Å²) in [6, 6.07) is 24.4. The van der Waals surface area contributed by atoms with E-state index in [0.29, 0.717) is 34.3 Å². The van der Waals surface area contributed by atoms with E-state index in [4.69, 9.17) is 4.74 Å². The summed E-state index contributed by atoms with van der Waals surface area (Å²) in [7, 11) is 0. The van der Waals surface area contributed by atoms with E-state index in [9.17, 15) is 14.4 Å². The van der Waals surface area contributed by atoms with Gasteiger partial charge in [0.25, 0.3) is 5.91 Å². The molecule has 1 aliphatic rings. The first-order chi connectivity index (χ1) is 17.0. The lowest BCUT2D eigenvalue weighted by Crippen LogP contribution is -2.42. The molecule has 0 bridgehead atoms. The number of aromatic nitrogens is 1. The van der Waals surface area contributed by atoms with Crippen LogP contribution in [-0.2, 0) is 27.4 Å². The Morgan fingerprint density at radius 2 is 1.49 bits per heavy atom. The molecule has 1 aromatic heterocycles. The smallest absolute Gasteiger partial charge is 0.326 e. The lowest BCUT2D eigenvalue weighted by Gasteiger charge is -2.29. The molecule has 0 aliphatic heterocycles. The van der Waals surface area contributed by atoms with Gasteiger partial charge in [-0.15, -0.1) is 0 Å². The molecule has 1 atom stereocenters. The summed E-state index contributed by atoms with van der Waals surface area (Å²) in [6.45, 7) is 2.16. The fourth-order valence-electron chi connectivity index (χ4n) is 4.72. The Balaban J connectivity index is 1.34. The van der Waals surface area contributed by atoms with Gasteiger partial charge in [-0.25, -0.2) is 0 Å². The minimum Gasteiger partial charge on any atom is -0.454 e. The fraction of sp³-hybridized carbons (Fsp3) is 0.276. The van der Waals surface area contributed by atoms with Gasteiger partial charge in [-0.2, -0.15) is 0 Å². The van der Waals surface area contributed by atoms with Crippen molar-refractivity contribution >= 4 is 33.7 Å². The number of carbonyl (C=O) groups excluding carboxylic acids is 2. The molecule has 1 amide bonds. The molecule has 0 radical (unpaired) electrons. The number of pyridine rings is 1. The zero-order valence-corrected chi connectivity index (χ0v) is 19.7. The number of ether oxygens (including phenoxy) is 1. The number of carbonyl (C=O) groups is 2. The first-order valence-corrected chi connectivity index (χ1v) is 12.0. The molecule has 1 saturated carbocycles. The van der Waals surface area contributed by atoms with Crippen molar-refractivity contribution in [3.05, 3.63) is 94.6 Å². The third-order valence-corrected chi connectivity index (χ3v) is 6.83. The second-order valence-electron chi connectivity index (χ2n) is 9.20. The normalized spacial score (nSPS) is 14.1. The summed E-state index contributed by atoms with van der Waals surface area (Å²) < 4.78 is 7.26. The van der Waals surface area contributed by atoms with Gasteiger partial charge in [0.15, 0.2) is 12.0 Å². The molecular weight excluding hydrogens is 440 g/mol. The molecule has 4 aromatic rings. The zero-order valence-electron chi connectivity index (χ0n) is 19.7. The first kappa shape index (κ1) is 22.8. The predicted molar refractivity (Wildman–Crippen MR) is 136 cm³/mol. The summed E-state index contributed by atoms with van der Waals surface area (Å²) in [5.74, 6) is -0.218. The van der Waals surface area contributed by atoms with Gasteiger partial charge in [0.05, 0.1) is 11.0 Å². The zero-order chi connectivity index (χ0) is 24.4. The third kappa shape index (κ3) is 4.83. The van der Waals surface area contributed by atoms with E-state index in [1.54, 1.807) is 16.7 Å². The Kier molecular flexibility index (Phi) is 6.36. The Bertz CT molecular complexity index is 1380. The predicted octanol–water partition coefficient (Wildman–Crippen LogP) is 4.53. The summed E-state index contributed by atoms with van der Waals surface area (Å²) in [4.78, 5) is 40.8. The second-order valence-corrected chi connectivity index (χ2v) is 9.20. The highest BCUT2D eigenvalue weighted by molar-refractivity contribution is 5.94. The molecule has 3 aromatic carbocycles. The molecule has 0 saturated heterocycles. The van der Waals surface area contributed by atoms with E-state index >= 15 is 0 Å². The van der Waals surface area contributed by atoms with Crippen LogP contribution >= 0.6 is 0 Å². The van der Waals surface area contributed by atoms with Crippen molar-refractivity contribution in [3.63, 3.8) is 0 Å². The van der Waals surface area contributed by atoms with Crippen LogP contribution in [0.25, 0.3) is 21.8 Å². The van der Waals surface area contributed by atoms with Crippen molar-refractivity contribution in [1.29, 1.82) is 0 Å². The number of benzene rings is 3. The largest absolute Gasteiger partial charge is 0.454 e. The summed E-state index contributed by atoms with van der Waals surface area (Å²) in [5.41, 5.74) is 2.30. The maximum atomic E-state index is 13.1. The number of rotatable bonds is 8. The van der Waals surface area contributed by atoms with Crippen molar-refractivity contribution in [1.82, 2.24) is 9.47 Å². The van der Waals surface area contributed by atoms with Gasteiger partial charge in [0.2, 0.25) is 0 Å². The molecule has 0 spiro atoms. The maximum Gasteiger partial charge on any atom is 0.326 e. The van der Waals surface area contributed by atoms with Crippen molar-refractivity contribution < 1.29 is 14.3 Å². The van der Waals surface area contributed by atoms with Crippen LogP contribution in [0.1, 0.15) is 25.3 Å². The number of hydrogen-bond acceptors (Lipinski definition) is 4. The minimum atomic E-state index is -0.518. The van der Waals surface area contributed by atoms with Gasteiger partial charge in [-0.05, 0) is 55.5 Å². The standard InChI is InChI=1S/C29H28N2O4/c1-20(22-15-16-22)30(17-21-9-3-2-4-10-21)27(32)19-35-28(33)18-31-25-13-7-5-11-23(25)29(34)24-12-6-8-14-26(24)31/h2-14,20,22H,15-19H2,1H3. The number of esters is 1. The highest BCUT2D eigenvalue weighted by Gasteiger charge is 2.34. The fourth-order valence-corrected chi connectivity index (χ4v) is 4.72. The lowest BCUT2D eigenvalue weighted by atomic mass is 10.1. The Morgan fingerprint density at radius 3 is 2.09 bits per heavy atom. The van der Waals surface area contributed by atoms with Gasteiger partial charge in [-0.3, -0.25) is 14.4 Å². The van der Waals surface area contributed by atoms with Crippen molar-refractivity contribution in [2.24, 2.45) is 5.92 Å². The highest BCUT2D eigenvalue weighted by Crippen LogP contribution is 2.35. The maximum absolute atomic E-state index is 13.1. The molecule has 1 unspecified atom stereocenters. The Hall–Kier alpha value is -3.93. The van der Waals surface area contributed by atoms with E-state index in [2.05, 4.69) is 6.92 Å². The monoisotopic (exact) mass is 468 g/mol. The molecule has 6 heteroatoms. The average molecular weight is 469 g/mol. The molecule has 35 heavy (non-hydrogen) atoms. The lowest BCUT2D eigenvalue weighted by molar-refractivity contribution is -0.153. The Morgan fingerprint density at radius 1 is 0.914 bits per heavy atom. The van der Waals surface area contributed by atoms with Crippen LogP contribution in [0.5, 0.6) is 0 Å². The van der Waals surface area contributed by atoms with Gasteiger partial charge in [-0.1, -0.05) is 54.6 Å². The van der Waals surface area contributed by atoms with Crippen molar-refractivity contribution in [2.75, 3.05) is 6.61 Å². The van der Waals surface area contributed by atoms with Gasteiger partial charge < -0.3 is 14.2 Å². The summed E-state index contributed by atoms with van der Waals surface area (Å²) in [5, 5.41) is 1.09. The van der Waals surface area contributed by atoms with Crippen molar-refractivity contribution in [3.8, 4) is 0 Å². The topological polar surface area (TPSA) is 68.6 Å². The van der Waals surface area contributed by atoms with Crippen LogP contribution in [0.3, 0.4) is 0 Å². The molecule has 1 aliphatic carbocycles. The summed E-state index contributed by atoms with van der Waals surface area (Å²) >= 11 is 0. The second kappa shape index (κ2) is 9.74. The molecule has 6 nitrogen and oxygen atoms in total. The van der Waals surface area contributed by atoms with E-state index in [-0.39, 0.29) is 30.5 Å². The molecular formula is C29H28N2O4. The third-order valence-electron chi connectivity index (χ3n) is 6.83. The first-order valence-electron chi connectivity index (χ1n) is 12.0. The van der Waals surface area contributed by atoms with Gasteiger partial charge in [0, 0.05) is 23.4 Å². The molecule has 1 heterocycles. The number of fused-ring (bicyclic) bond motifs is 2. The Labute approximate surface area is 203 Å². The molecule has 1 fully saturated rings. The number of nitrogens with zero attached hydrogens (tertiary/aromatic N) is 2. The SMILES string of the molecule is CC(C1CC1)N(Cc1ccccc1)C(=O)COC(=O)Cn1c2ccccc2c(=O)c2ccccc21. The molecule has 5 rings (SSSR count). The molecule has 178 valence electrons. The van der Waals surface area contributed by atoms with Gasteiger partial charge in [0.1, 0.15) is 6.54 Å². The van der Waals surface area contributed by atoms with Crippen LogP contribution in [-0.4, -0.2) is 34.0 Å². The highest BCUT2D eigenvalue weighted by atomic mass is 16.5. The summed E-state index contributed by atoms with van der Waals surface area (Å²) in [6.07, 6.45) is 2.23. The van der Waals surface area contributed by atoms with Crippen molar-refractivity contribution in [2.45, 2.75) is 38.9 Å². The minimum absolute atomic E-state index is 0.0680. The van der Waals surface area contributed by atoms with Crippen LogP contribution < -0.4 is 5.43 Å². The van der Waals surface area contributed by atoms with Crippen LogP contribution in [0.4, 0.5) is 0 Å². The van der Waals surface area contributed by atoms with Crippen LogP contribution in [0.2, 0.25) is 0 Å². The van der Waals surface area contributed by atoms with Crippen LogP contribution in [0, 0.1) is 5.92 Å². The van der Waals surface area contributed by atoms with E-state index in [1.807, 2.05) is 71.6 Å². The number of hydrogen-bond donors (Lipinski definition) is 0. The molecule has 0 N–H and O–H groups in total. The van der Waals surface area contributed by atoms with Crippen LogP contribution in [0.15, 0.2) is 83.7 Å². The van der Waals surface area contributed by atoms with E-state index < -0.39 is 5.97 Å².